The predicted octanol–water partition coefficient (Wildman–Crippen LogP) is 9.31. The van der Waals surface area contributed by atoms with Gasteiger partial charge in [-0.2, -0.15) is 10.5 Å². The molecule has 0 spiro atoms. The van der Waals surface area contributed by atoms with Crippen molar-refractivity contribution in [2.24, 2.45) is 59.2 Å². The summed E-state index contributed by atoms with van der Waals surface area (Å²) in [5.74, 6) is 9.35. The molecule has 0 aromatic heterocycles. The molecule has 0 amide bonds. The van der Waals surface area contributed by atoms with Crippen molar-refractivity contribution in [1.82, 2.24) is 0 Å². The van der Waals surface area contributed by atoms with Gasteiger partial charge in [-0.05, 0) is 59.2 Å². The summed E-state index contributed by atoms with van der Waals surface area (Å²) in [7, 11) is 0. The van der Waals surface area contributed by atoms with Gasteiger partial charge in [0.2, 0.25) is 0 Å². The summed E-state index contributed by atoms with van der Waals surface area (Å²) in [5, 5.41) is 0.824. The van der Waals surface area contributed by atoms with E-state index in [0.717, 1.165) is 59.2 Å². The zero-order valence-corrected chi connectivity index (χ0v) is 28.6. The third-order valence-corrected chi connectivity index (χ3v) is 12.2. The maximum absolute atomic E-state index is 5.02. The Bertz CT molecular complexity index is 365. The Labute approximate surface area is 252 Å². The SMILES string of the molecule is C1CCCC1.CC1C(C)C(C)C(C)C1C.CC1C(C)C(C)C(C)C1C.[Fe+2].[S-]C1CCCC1[S-].[Ti+4]. The van der Waals surface area contributed by atoms with Crippen LogP contribution in [-0.4, -0.2) is 10.5 Å². The Morgan fingerprint density at radius 2 is 0.500 bits per heavy atom. The third-order valence-electron chi connectivity index (χ3n) is 10.9. The van der Waals surface area contributed by atoms with Gasteiger partial charge in [-0.15, -0.1) is 0 Å². The number of hydrogen-bond acceptors (Lipinski definition) is 2. The summed E-state index contributed by atoms with van der Waals surface area (Å²) in [5.41, 5.74) is 0. The zero-order chi connectivity index (χ0) is 24.6. The Balaban J connectivity index is 0. The van der Waals surface area contributed by atoms with Crippen LogP contribution >= 0.6 is 0 Å². The van der Waals surface area contributed by atoms with Crippen molar-refractivity contribution in [2.75, 3.05) is 0 Å². The molecular weight excluding hydrogens is 528 g/mol. The van der Waals surface area contributed by atoms with E-state index >= 15 is 0 Å². The Kier molecular flexibility index (Phi) is 21.4. The van der Waals surface area contributed by atoms with Gasteiger partial charge in [0, 0.05) is 0 Å². The minimum absolute atomic E-state index is 0. The summed E-state index contributed by atoms with van der Waals surface area (Å²) in [4.78, 5) is 0. The van der Waals surface area contributed by atoms with Crippen LogP contribution in [0.1, 0.15) is 121 Å². The molecule has 4 heteroatoms. The molecule has 0 bridgehead atoms. The second-order valence-corrected chi connectivity index (χ2v) is 13.6. The topological polar surface area (TPSA) is 0 Å². The van der Waals surface area contributed by atoms with Crippen LogP contribution in [0.25, 0.3) is 0 Å². The monoisotopic (exact) mass is 586 g/mol. The van der Waals surface area contributed by atoms with Crippen molar-refractivity contribution >= 4 is 25.3 Å². The average molecular weight is 587 g/mol. The van der Waals surface area contributed by atoms with Gasteiger partial charge in [-0.25, -0.2) is 0 Å². The summed E-state index contributed by atoms with van der Waals surface area (Å²) >= 11 is 10.0. The van der Waals surface area contributed by atoms with Gasteiger partial charge in [0.25, 0.3) is 0 Å². The van der Waals surface area contributed by atoms with Crippen LogP contribution in [0.15, 0.2) is 0 Å². The van der Waals surface area contributed by atoms with Crippen LogP contribution in [0.2, 0.25) is 0 Å². The number of hydrogen-bond donors (Lipinski definition) is 0. The Morgan fingerprint density at radius 3 is 0.588 bits per heavy atom. The fraction of sp³-hybridized carbons (Fsp3) is 1.00. The van der Waals surface area contributed by atoms with Crippen LogP contribution < -0.4 is 0 Å². The largest absolute Gasteiger partial charge is 4.00 e. The van der Waals surface area contributed by atoms with E-state index in [2.05, 4.69) is 69.2 Å². The van der Waals surface area contributed by atoms with Gasteiger partial charge in [-0.1, -0.05) is 121 Å². The molecule has 34 heavy (non-hydrogen) atoms. The summed E-state index contributed by atoms with van der Waals surface area (Å²) in [6, 6.07) is 0. The fourth-order valence-corrected chi connectivity index (χ4v) is 7.17. The number of rotatable bonds is 0. The van der Waals surface area contributed by atoms with Crippen LogP contribution in [0.4, 0.5) is 0 Å². The molecule has 2 unspecified atom stereocenters. The molecule has 0 N–H and O–H groups in total. The smallest absolute Gasteiger partial charge is 0.791 e. The molecule has 4 fully saturated rings. The van der Waals surface area contributed by atoms with Crippen molar-refractivity contribution in [2.45, 2.75) is 131 Å². The van der Waals surface area contributed by atoms with E-state index in [9.17, 15) is 0 Å². The fourth-order valence-electron chi connectivity index (χ4n) is 6.56. The Hall–Kier alpha value is 1.93. The molecule has 4 saturated carbocycles. The molecule has 198 valence electrons. The molecule has 0 aliphatic heterocycles. The normalized spacial score (nSPS) is 44.8. The van der Waals surface area contributed by atoms with Gasteiger partial charge in [0.15, 0.2) is 0 Å². The first-order valence-electron chi connectivity index (χ1n) is 14.2. The summed E-state index contributed by atoms with van der Waals surface area (Å²) < 4.78 is 0. The minimum Gasteiger partial charge on any atom is -0.791 e. The first-order valence-corrected chi connectivity index (χ1v) is 15.2. The van der Waals surface area contributed by atoms with Gasteiger partial charge in [0.1, 0.15) is 0 Å². The minimum atomic E-state index is 0. The Morgan fingerprint density at radius 1 is 0.353 bits per heavy atom. The maximum atomic E-state index is 5.02. The van der Waals surface area contributed by atoms with Crippen molar-refractivity contribution < 1.29 is 38.8 Å². The predicted molar refractivity (Wildman–Crippen MR) is 151 cm³/mol. The van der Waals surface area contributed by atoms with Crippen molar-refractivity contribution in [3.8, 4) is 0 Å². The molecule has 2 atom stereocenters. The van der Waals surface area contributed by atoms with E-state index in [1.54, 1.807) is 0 Å². The van der Waals surface area contributed by atoms with Crippen molar-refractivity contribution in [3.05, 3.63) is 0 Å². The standard InChI is InChI=1S/2C10H20.C5H10S2.C5H10.Fe.Ti/c2*1-6-7(2)9(4)10(5)8(6)3;6-4-2-1-3-5(4)7;1-2-4-5-3-1;;/h2*6-10H,1-5H3;4-7H,1-3H2;1-5H2;;/q;;;;+2;+4/p-2. The van der Waals surface area contributed by atoms with Crippen LogP contribution in [-0.2, 0) is 64.0 Å². The molecule has 4 rings (SSSR count). The summed E-state index contributed by atoms with van der Waals surface area (Å²) in [6.07, 6.45) is 11.1. The van der Waals surface area contributed by atoms with Crippen molar-refractivity contribution in [3.63, 3.8) is 0 Å². The van der Waals surface area contributed by atoms with E-state index < -0.39 is 0 Å². The van der Waals surface area contributed by atoms with Crippen LogP contribution in [0.5, 0.6) is 0 Å². The molecule has 0 heterocycles. The van der Waals surface area contributed by atoms with Gasteiger partial charge in [-0.3, -0.25) is 0 Å². The molecule has 4 aliphatic carbocycles. The molecule has 0 nitrogen and oxygen atoms in total. The zero-order valence-electron chi connectivity index (χ0n) is 24.3. The van der Waals surface area contributed by atoms with Gasteiger partial charge < -0.3 is 25.3 Å². The van der Waals surface area contributed by atoms with Crippen LogP contribution in [0, 0.1) is 59.2 Å². The molecule has 4 aliphatic rings. The van der Waals surface area contributed by atoms with E-state index in [1.807, 2.05) is 0 Å². The molecular formula is C30H58FeS2Ti+4. The molecule has 0 saturated heterocycles. The maximum Gasteiger partial charge on any atom is 4.00 e. The van der Waals surface area contributed by atoms with E-state index in [0.29, 0.717) is 10.5 Å². The first kappa shape index (κ1) is 38.1. The second kappa shape index (κ2) is 19.1. The molecule has 0 aromatic carbocycles. The molecule has 0 radical (unpaired) electrons. The van der Waals surface area contributed by atoms with E-state index in [4.69, 9.17) is 25.3 Å². The first-order chi connectivity index (χ1) is 14.9. The third kappa shape index (κ3) is 11.4. The van der Waals surface area contributed by atoms with E-state index in [1.165, 1.54) is 51.4 Å². The quantitative estimate of drug-likeness (QED) is 0.205. The van der Waals surface area contributed by atoms with Gasteiger partial charge >= 0.3 is 38.8 Å². The second-order valence-electron chi connectivity index (χ2n) is 12.4. The molecule has 0 aromatic rings. The van der Waals surface area contributed by atoms with Crippen LogP contribution in [0.3, 0.4) is 0 Å². The van der Waals surface area contributed by atoms with E-state index in [-0.39, 0.29) is 38.8 Å². The average Bonchev–Trinajstić information content (AvgIpc) is 3.55. The van der Waals surface area contributed by atoms with Crippen molar-refractivity contribution in [1.29, 1.82) is 0 Å². The summed E-state index contributed by atoms with van der Waals surface area (Å²) in [6.45, 7) is 24.0. The van der Waals surface area contributed by atoms with Gasteiger partial charge in [0.05, 0.1) is 0 Å².